The maximum Gasteiger partial charge on any atom is 0.573 e. The van der Waals surface area contributed by atoms with Crippen LogP contribution in [0.3, 0.4) is 0 Å². The smallest absolute Gasteiger partial charge is 0.406 e. The molecule has 110 valence electrons. The molecular formula is C14H17F3N2O. The number of hydrogen-bond acceptors (Lipinski definition) is 3. The van der Waals surface area contributed by atoms with Gasteiger partial charge in [0, 0.05) is 12.6 Å². The molecule has 20 heavy (non-hydrogen) atoms. The highest BCUT2D eigenvalue weighted by molar-refractivity contribution is 5.29. The molecule has 6 heteroatoms. The molecule has 1 rings (SSSR count). The summed E-state index contributed by atoms with van der Waals surface area (Å²) >= 11 is 0. The Kier molecular flexibility index (Phi) is 5.01. The van der Waals surface area contributed by atoms with Crippen molar-refractivity contribution in [1.82, 2.24) is 5.32 Å². The van der Waals surface area contributed by atoms with Crippen LogP contribution in [0.5, 0.6) is 5.75 Å². The molecule has 0 aromatic heterocycles. The first-order valence-electron chi connectivity index (χ1n) is 6.13. The van der Waals surface area contributed by atoms with Crippen molar-refractivity contribution < 1.29 is 17.9 Å². The van der Waals surface area contributed by atoms with Crippen molar-refractivity contribution in [2.45, 2.75) is 33.2 Å². The normalized spacial score (nSPS) is 13.7. The average molecular weight is 286 g/mol. The van der Waals surface area contributed by atoms with Gasteiger partial charge in [-0.3, -0.25) is 0 Å². The zero-order chi connectivity index (χ0) is 15.4. The Balaban J connectivity index is 2.62. The predicted octanol–water partition coefficient (Wildman–Crippen LogP) is 3.79. The Bertz CT molecular complexity index is 475. The predicted molar refractivity (Wildman–Crippen MR) is 68.9 cm³/mol. The van der Waals surface area contributed by atoms with Gasteiger partial charge in [-0.05, 0) is 38.5 Å². The molecule has 1 aromatic carbocycles. The highest BCUT2D eigenvalue weighted by Crippen LogP contribution is 2.24. The van der Waals surface area contributed by atoms with Gasteiger partial charge in [0.2, 0.25) is 0 Å². The molecule has 0 aliphatic rings. The van der Waals surface area contributed by atoms with E-state index in [1.165, 1.54) is 12.1 Å². The van der Waals surface area contributed by atoms with Crippen molar-refractivity contribution in [3.05, 3.63) is 29.8 Å². The van der Waals surface area contributed by atoms with Crippen molar-refractivity contribution in [2.24, 2.45) is 5.41 Å². The molecule has 1 unspecified atom stereocenters. The third-order valence-electron chi connectivity index (χ3n) is 2.77. The Labute approximate surface area is 116 Å². The summed E-state index contributed by atoms with van der Waals surface area (Å²) in [6, 6.07) is 7.79. The van der Waals surface area contributed by atoms with Gasteiger partial charge in [0.25, 0.3) is 0 Å². The molecule has 0 fully saturated rings. The molecule has 3 nitrogen and oxygen atoms in total. The summed E-state index contributed by atoms with van der Waals surface area (Å²) in [5, 5.41) is 12.1. The lowest BCUT2D eigenvalue weighted by molar-refractivity contribution is -0.274. The maximum atomic E-state index is 12.0. The summed E-state index contributed by atoms with van der Waals surface area (Å²) in [4.78, 5) is 0. The van der Waals surface area contributed by atoms with Crippen LogP contribution in [0.25, 0.3) is 0 Å². The third-order valence-corrected chi connectivity index (χ3v) is 2.77. The van der Waals surface area contributed by atoms with Crippen LogP contribution in [-0.4, -0.2) is 12.9 Å². The second-order valence-electron chi connectivity index (χ2n) is 5.22. The molecule has 0 spiro atoms. The van der Waals surface area contributed by atoms with E-state index in [0.717, 1.165) is 5.56 Å². The largest absolute Gasteiger partial charge is 0.573 e. The van der Waals surface area contributed by atoms with Crippen LogP contribution in [0.15, 0.2) is 24.3 Å². The number of hydrogen-bond donors (Lipinski definition) is 1. The molecule has 0 heterocycles. The average Bonchev–Trinajstić information content (AvgIpc) is 2.35. The van der Waals surface area contributed by atoms with Crippen molar-refractivity contribution in [1.29, 1.82) is 5.26 Å². The Morgan fingerprint density at radius 3 is 2.25 bits per heavy atom. The highest BCUT2D eigenvalue weighted by atomic mass is 19.4. The van der Waals surface area contributed by atoms with Crippen LogP contribution < -0.4 is 10.1 Å². The number of benzene rings is 1. The van der Waals surface area contributed by atoms with Crippen molar-refractivity contribution in [3.8, 4) is 11.8 Å². The summed E-state index contributed by atoms with van der Waals surface area (Å²) < 4.78 is 39.9. The number of nitriles is 1. The molecular weight excluding hydrogens is 269 g/mol. The summed E-state index contributed by atoms with van der Waals surface area (Å²) in [5.41, 5.74) is 0.335. The molecule has 0 aliphatic carbocycles. The molecule has 1 atom stereocenters. The second-order valence-corrected chi connectivity index (χ2v) is 5.22. The van der Waals surface area contributed by atoms with Crippen LogP contribution in [0.2, 0.25) is 0 Å². The van der Waals surface area contributed by atoms with E-state index in [-0.39, 0.29) is 11.8 Å². The van der Waals surface area contributed by atoms with E-state index < -0.39 is 11.8 Å². The highest BCUT2D eigenvalue weighted by Gasteiger charge is 2.31. The first-order chi connectivity index (χ1) is 9.13. The minimum atomic E-state index is -4.68. The molecule has 0 radical (unpaired) electrons. The van der Waals surface area contributed by atoms with E-state index in [9.17, 15) is 13.2 Å². The lowest BCUT2D eigenvalue weighted by atomic mass is 9.95. The van der Waals surface area contributed by atoms with Gasteiger partial charge >= 0.3 is 6.36 Å². The lowest BCUT2D eigenvalue weighted by Crippen LogP contribution is -2.30. The fraction of sp³-hybridized carbons (Fsp3) is 0.500. The first-order valence-corrected chi connectivity index (χ1v) is 6.13. The van der Waals surface area contributed by atoms with Gasteiger partial charge < -0.3 is 10.1 Å². The van der Waals surface area contributed by atoms with Gasteiger partial charge in [-0.15, -0.1) is 13.2 Å². The van der Waals surface area contributed by atoms with Gasteiger partial charge in [-0.2, -0.15) is 5.26 Å². The fourth-order valence-electron chi connectivity index (χ4n) is 1.52. The lowest BCUT2D eigenvalue weighted by Gasteiger charge is -2.21. The topological polar surface area (TPSA) is 45.0 Å². The van der Waals surface area contributed by atoms with Crippen LogP contribution in [0.4, 0.5) is 13.2 Å². The number of rotatable bonds is 5. The van der Waals surface area contributed by atoms with E-state index in [4.69, 9.17) is 5.26 Å². The SMILES string of the molecule is CC(NCC(C)(C)C#N)c1ccc(OC(F)(F)F)cc1. The van der Waals surface area contributed by atoms with Crippen molar-refractivity contribution in [3.63, 3.8) is 0 Å². The molecule has 0 aliphatic heterocycles. The second kappa shape index (κ2) is 6.14. The van der Waals surface area contributed by atoms with Gasteiger partial charge in [0.15, 0.2) is 0 Å². The minimum Gasteiger partial charge on any atom is -0.406 e. The van der Waals surface area contributed by atoms with Crippen molar-refractivity contribution in [2.75, 3.05) is 6.54 Å². The van der Waals surface area contributed by atoms with Crippen LogP contribution in [0.1, 0.15) is 32.4 Å². The zero-order valence-corrected chi connectivity index (χ0v) is 11.6. The number of nitrogens with zero attached hydrogens (tertiary/aromatic N) is 1. The monoisotopic (exact) mass is 286 g/mol. The zero-order valence-electron chi connectivity index (χ0n) is 11.6. The Hall–Kier alpha value is -1.74. The van der Waals surface area contributed by atoms with E-state index in [0.29, 0.717) is 6.54 Å². The summed E-state index contributed by atoms with van der Waals surface area (Å²) in [6.45, 7) is 6.00. The molecule has 0 bridgehead atoms. The number of ether oxygens (including phenoxy) is 1. The molecule has 1 aromatic rings. The van der Waals surface area contributed by atoms with Crippen LogP contribution in [-0.2, 0) is 0 Å². The number of alkyl halides is 3. The van der Waals surface area contributed by atoms with E-state index >= 15 is 0 Å². The van der Waals surface area contributed by atoms with Gasteiger partial charge in [0.1, 0.15) is 5.75 Å². The molecule has 1 N–H and O–H groups in total. The first kappa shape index (κ1) is 16.3. The van der Waals surface area contributed by atoms with E-state index in [2.05, 4.69) is 16.1 Å². The molecule has 0 saturated carbocycles. The Morgan fingerprint density at radius 1 is 1.25 bits per heavy atom. The van der Waals surface area contributed by atoms with Crippen LogP contribution in [0, 0.1) is 16.7 Å². The molecule has 0 saturated heterocycles. The maximum absolute atomic E-state index is 12.0. The van der Waals surface area contributed by atoms with E-state index in [1.54, 1.807) is 12.1 Å². The number of nitrogens with one attached hydrogen (secondary N) is 1. The summed E-state index contributed by atoms with van der Waals surface area (Å²) in [6.07, 6.45) is -4.68. The van der Waals surface area contributed by atoms with E-state index in [1.807, 2.05) is 20.8 Å². The van der Waals surface area contributed by atoms with Gasteiger partial charge in [-0.25, -0.2) is 0 Å². The summed E-state index contributed by atoms with van der Waals surface area (Å²) in [7, 11) is 0. The number of halogens is 3. The van der Waals surface area contributed by atoms with Gasteiger partial charge in [-0.1, -0.05) is 12.1 Å². The minimum absolute atomic E-state index is 0.0671. The molecule has 0 amide bonds. The standard InChI is InChI=1S/C14H17F3N2O/c1-10(19-9-13(2,3)8-18)11-4-6-12(7-5-11)20-14(15,16)17/h4-7,10,19H,9H2,1-3H3. The summed E-state index contributed by atoms with van der Waals surface area (Å²) in [5.74, 6) is -0.245. The van der Waals surface area contributed by atoms with Crippen molar-refractivity contribution >= 4 is 0 Å². The third kappa shape index (κ3) is 5.49. The Morgan fingerprint density at radius 2 is 1.80 bits per heavy atom. The van der Waals surface area contributed by atoms with Gasteiger partial charge in [0.05, 0.1) is 11.5 Å². The quantitative estimate of drug-likeness (QED) is 0.895. The fourth-order valence-corrected chi connectivity index (χ4v) is 1.52. The van der Waals surface area contributed by atoms with Crippen LogP contribution >= 0.6 is 0 Å².